The molecule has 0 spiro atoms. The van der Waals surface area contributed by atoms with E-state index in [1.807, 2.05) is 0 Å². The van der Waals surface area contributed by atoms with Gasteiger partial charge in [-0.15, -0.1) is 11.3 Å². The van der Waals surface area contributed by atoms with Crippen LogP contribution >= 0.6 is 11.3 Å². The van der Waals surface area contributed by atoms with Crippen molar-refractivity contribution in [2.45, 2.75) is 19.4 Å². The molecule has 4 aromatic rings. The molecule has 0 saturated heterocycles. The molecule has 1 aromatic carbocycles. The number of fused-ring (bicyclic) bond motifs is 1. The van der Waals surface area contributed by atoms with Gasteiger partial charge in [-0.25, -0.2) is 19.2 Å². The van der Waals surface area contributed by atoms with Crippen molar-refractivity contribution in [3.05, 3.63) is 68.3 Å². The van der Waals surface area contributed by atoms with Crippen LogP contribution in [-0.4, -0.2) is 36.2 Å². The van der Waals surface area contributed by atoms with Crippen molar-refractivity contribution < 1.29 is 13.9 Å². The van der Waals surface area contributed by atoms with Crippen LogP contribution in [0.3, 0.4) is 0 Å². The maximum Gasteiger partial charge on any atom is 0.332 e. The van der Waals surface area contributed by atoms with Gasteiger partial charge in [0.15, 0.2) is 11.2 Å². The molecule has 0 aliphatic carbocycles. The summed E-state index contributed by atoms with van der Waals surface area (Å²) in [4.78, 5) is 45.7. The van der Waals surface area contributed by atoms with Crippen molar-refractivity contribution >= 4 is 28.5 Å². The van der Waals surface area contributed by atoms with Gasteiger partial charge in [-0.1, -0.05) is 12.1 Å². The van der Waals surface area contributed by atoms with E-state index in [0.29, 0.717) is 33.8 Å². The molecule has 0 atom stereocenters. The number of benzene rings is 1. The van der Waals surface area contributed by atoms with Crippen LogP contribution in [0.15, 0.2) is 45.6 Å². The zero-order valence-electron chi connectivity index (χ0n) is 17.4. The highest BCUT2D eigenvalue weighted by atomic mass is 32.1. The van der Waals surface area contributed by atoms with Gasteiger partial charge >= 0.3 is 11.7 Å². The van der Waals surface area contributed by atoms with Gasteiger partial charge in [0.25, 0.3) is 5.56 Å². The fraction of sp³-hybridized carbons (Fsp3) is 0.286. The molecule has 0 radical (unpaired) electrons. The van der Waals surface area contributed by atoms with Crippen molar-refractivity contribution in [2.24, 2.45) is 14.1 Å². The lowest BCUT2D eigenvalue weighted by Gasteiger charge is -2.09. The Morgan fingerprint density at radius 1 is 1.25 bits per heavy atom. The summed E-state index contributed by atoms with van der Waals surface area (Å²) in [5.41, 5.74) is 0.937. The largest absolute Gasteiger partial charge is 0.465 e. The van der Waals surface area contributed by atoms with E-state index in [1.165, 1.54) is 34.4 Å². The van der Waals surface area contributed by atoms with Gasteiger partial charge in [0.2, 0.25) is 0 Å². The summed E-state index contributed by atoms with van der Waals surface area (Å²) in [5, 5.41) is 2.35. The molecule has 0 fully saturated rings. The number of aryl methyl sites for hydroxylation is 2. The standard InChI is InChI=1S/C21H20FN5O4S/c1-25-12-23-18-17(25)20(29)27(21(30)26(18)2)7-4-8-31-16(28)10-15-11-32-19(24-15)13-5-3-6-14(22)9-13/h3,5-6,9,11-12H,4,7-8,10H2,1-2H3. The summed E-state index contributed by atoms with van der Waals surface area (Å²) in [5.74, 6) is -0.821. The van der Waals surface area contributed by atoms with Crippen molar-refractivity contribution in [1.29, 1.82) is 0 Å². The molecule has 0 bridgehead atoms. The average Bonchev–Trinajstić information content (AvgIpc) is 3.38. The second kappa shape index (κ2) is 8.87. The van der Waals surface area contributed by atoms with Crippen LogP contribution in [0.2, 0.25) is 0 Å². The maximum absolute atomic E-state index is 13.4. The van der Waals surface area contributed by atoms with Gasteiger partial charge in [-0.3, -0.25) is 18.7 Å². The molecule has 32 heavy (non-hydrogen) atoms. The van der Waals surface area contributed by atoms with Gasteiger partial charge in [0.1, 0.15) is 10.8 Å². The summed E-state index contributed by atoms with van der Waals surface area (Å²) in [7, 11) is 3.24. The topological polar surface area (TPSA) is 101 Å². The highest BCUT2D eigenvalue weighted by Gasteiger charge is 2.15. The third kappa shape index (κ3) is 4.24. The molecule has 0 saturated carbocycles. The van der Waals surface area contributed by atoms with Crippen LogP contribution in [0.25, 0.3) is 21.7 Å². The quantitative estimate of drug-likeness (QED) is 0.310. The summed E-state index contributed by atoms with van der Waals surface area (Å²) in [6.07, 6.45) is 1.76. The first-order valence-electron chi connectivity index (χ1n) is 9.82. The van der Waals surface area contributed by atoms with Crippen molar-refractivity contribution in [3.63, 3.8) is 0 Å². The Kier molecular flexibility index (Phi) is 5.99. The predicted molar refractivity (Wildman–Crippen MR) is 117 cm³/mol. The van der Waals surface area contributed by atoms with Gasteiger partial charge in [0, 0.05) is 31.6 Å². The first-order chi connectivity index (χ1) is 15.3. The van der Waals surface area contributed by atoms with E-state index in [0.717, 1.165) is 4.57 Å². The first kappa shape index (κ1) is 21.6. The second-order valence-electron chi connectivity index (χ2n) is 7.23. The zero-order chi connectivity index (χ0) is 22.8. The molecule has 166 valence electrons. The Labute approximate surface area is 185 Å². The third-order valence-corrected chi connectivity index (χ3v) is 5.88. The lowest BCUT2D eigenvalue weighted by atomic mass is 10.2. The van der Waals surface area contributed by atoms with E-state index in [4.69, 9.17) is 4.74 Å². The van der Waals surface area contributed by atoms with E-state index >= 15 is 0 Å². The monoisotopic (exact) mass is 457 g/mol. The number of thiazole rings is 1. The Hall–Kier alpha value is -3.60. The van der Waals surface area contributed by atoms with Crippen LogP contribution in [-0.2, 0) is 36.6 Å². The van der Waals surface area contributed by atoms with Gasteiger partial charge < -0.3 is 9.30 Å². The predicted octanol–water partition coefficient (Wildman–Crippen LogP) is 1.87. The zero-order valence-corrected chi connectivity index (χ0v) is 18.3. The molecule has 0 aliphatic rings. The molecule has 4 rings (SSSR count). The van der Waals surface area contributed by atoms with Crippen LogP contribution < -0.4 is 11.2 Å². The smallest absolute Gasteiger partial charge is 0.332 e. The molecule has 3 heterocycles. The van der Waals surface area contributed by atoms with Crippen LogP contribution in [0.1, 0.15) is 12.1 Å². The van der Waals surface area contributed by atoms with Crippen molar-refractivity contribution in [3.8, 4) is 10.6 Å². The van der Waals surface area contributed by atoms with Crippen molar-refractivity contribution in [2.75, 3.05) is 6.61 Å². The van der Waals surface area contributed by atoms with E-state index in [-0.39, 0.29) is 25.4 Å². The number of aromatic nitrogens is 5. The molecule has 0 unspecified atom stereocenters. The summed E-state index contributed by atoms with van der Waals surface area (Å²) in [6.45, 7) is 0.166. The fourth-order valence-corrected chi connectivity index (χ4v) is 4.16. The number of halogens is 1. The average molecular weight is 457 g/mol. The number of esters is 1. The summed E-state index contributed by atoms with van der Waals surface area (Å²) < 4.78 is 22.6. The number of ether oxygens (including phenoxy) is 1. The molecule has 3 aromatic heterocycles. The van der Waals surface area contributed by atoms with Crippen LogP contribution in [0.5, 0.6) is 0 Å². The second-order valence-corrected chi connectivity index (χ2v) is 8.09. The van der Waals surface area contributed by atoms with Gasteiger partial charge in [-0.05, 0) is 18.6 Å². The van der Waals surface area contributed by atoms with E-state index < -0.39 is 17.2 Å². The summed E-state index contributed by atoms with van der Waals surface area (Å²) in [6, 6.07) is 6.09. The van der Waals surface area contributed by atoms with E-state index in [1.54, 1.807) is 36.2 Å². The first-order valence-corrected chi connectivity index (χ1v) is 10.7. The molecular formula is C21H20FN5O4S. The van der Waals surface area contributed by atoms with E-state index in [9.17, 15) is 18.8 Å². The highest BCUT2D eigenvalue weighted by Crippen LogP contribution is 2.24. The van der Waals surface area contributed by atoms with Crippen LogP contribution in [0, 0.1) is 5.82 Å². The number of imidazole rings is 1. The lowest BCUT2D eigenvalue weighted by molar-refractivity contribution is -0.143. The SMILES string of the molecule is Cn1cnc2c1c(=O)n(CCCOC(=O)Cc1csc(-c3cccc(F)c3)n1)c(=O)n2C. The minimum Gasteiger partial charge on any atom is -0.465 e. The molecule has 11 heteroatoms. The Bertz CT molecular complexity index is 1420. The minimum absolute atomic E-state index is 0.0193. The highest BCUT2D eigenvalue weighted by molar-refractivity contribution is 7.13. The molecule has 9 nitrogen and oxygen atoms in total. The Morgan fingerprint density at radius 3 is 2.84 bits per heavy atom. The van der Waals surface area contributed by atoms with Crippen LogP contribution in [0.4, 0.5) is 4.39 Å². The Balaban J connectivity index is 1.34. The van der Waals surface area contributed by atoms with Gasteiger partial charge in [-0.2, -0.15) is 0 Å². The minimum atomic E-state index is -0.472. The lowest BCUT2D eigenvalue weighted by Crippen LogP contribution is -2.39. The number of nitrogens with zero attached hydrogens (tertiary/aromatic N) is 5. The molecular weight excluding hydrogens is 437 g/mol. The van der Waals surface area contributed by atoms with E-state index in [2.05, 4.69) is 9.97 Å². The molecule has 0 N–H and O–H groups in total. The van der Waals surface area contributed by atoms with Crippen molar-refractivity contribution in [1.82, 2.24) is 23.7 Å². The summed E-state index contributed by atoms with van der Waals surface area (Å²) >= 11 is 1.32. The Morgan fingerprint density at radius 2 is 2.06 bits per heavy atom. The number of hydrogen-bond donors (Lipinski definition) is 0. The fourth-order valence-electron chi connectivity index (χ4n) is 3.34. The van der Waals surface area contributed by atoms with Gasteiger partial charge in [0.05, 0.1) is 25.0 Å². The molecule has 0 aliphatic heterocycles. The molecule has 0 amide bonds. The number of carbonyl (C=O) groups is 1. The maximum atomic E-state index is 13.4. The number of hydrogen-bond acceptors (Lipinski definition) is 7. The normalized spacial score (nSPS) is 11.2. The number of rotatable bonds is 7. The number of carbonyl (C=O) groups excluding carboxylic acids is 1. The third-order valence-electron chi connectivity index (χ3n) is 4.94.